The number of hydrogen-bond donors (Lipinski definition) is 1. The zero-order valence-electron chi connectivity index (χ0n) is 12.2. The number of aryl methyl sites for hydroxylation is 1. The fourth-order valence-electron chi connectivity index (χ4n) is 1.77. The summed E-state index contributed by atoms with van der Waals surface area (Å²) in [6, 6.07) is 8.66. The summed E-state index contributed by atoms with van der Waals surface area (Å²) in [6.07, 6.45) is 2.36. The van der Waals surface area contributed by atoms with Gasteiger partial charge in [0, 0.05) is 11.2 Å². The molecule has 0 fully saturated rings. The van der Waals surface area contributed by atoms with Crippen LogP contribution in [0, 0.1) is 5.41 Å². The summed E-state index contributed by atoms with van der Waals surface area (Å²) in [7, 11) is 0. The molecule has 1 aromatic carbocycles. The minimum absolute atomic E-state index is 0.123. The maximum atomic E-state index is 3.59. The summed E-state index contributed by atoms with van der Waals surface area (Å²) in [5.41, 5.74) is 3.23. The molecule has 0 amide bonds. The molecule has 0 saturated carbocycles. The quantitative estimate of drug-likeness (QED) is 0.785. The van der Waals surface area contributed by atoms with Crippen molar-refractivity contribution in [3.05, 3.63) is 29.8 Å². The van der Waals surface area contributed by atoms with Crippen molar-refractivity contribution in [1.29, 1.82) is 0 Å². The minimum atomic E-state index is 0.123. The van der Waals surface area contributed by atoms with Gasteiger partial charge in [0.2, 0.25) is 0 Å². The first-order chi connectivity index (χ1) is 7.67. The van der Waals surface area contributed by atoms with Crippen molar-refractivity contribution in [2.75, 3.05) is 5.32 Å². The van der Waals surface area contributed by atoms with Gasteiger partial charge in [-0.1, -0.05) is 39.0 Å². The molecule has 0 radical (unpaired) electrons. The maximum absolute atomic E-state index is 3.59. The van der Waals surface area contributed by atoms with Gasteiger partial charge >= 0.3 is 0 Å². The summed E-state index contributed by atoms with van der Waals surface area (Å²) in [5.74, 6) is 0. The van der Waals surface area contributed by atoms with Crippen LogP contribution in [0.4, 0.5) is 5.69 Å². The Labute approximate surface area is 107 Å². The third kappa shape index (κ3) is 5.76. The zero-order chi connectivity index (χ0) is 13.1. The second-order valence-electron chi connectivity index (χ2n) is 7.09. The van der Waals surface area contributed by atoms with E-state index >= 15 is 0 Å². The highest BCUT2D eigenvalue weighted by Crippen LogP contribution is 2.26. The van der Waals surface area contributed by atoms with Gasteiger partial charge in [0.1, 0.15) is 0 Å². The predicted molar refractivity (Wildman–Crippen MR) is 77.6 cm³/mol. The summed E-state index contributed by atoms with van der Waals surface area (Å²) < 4.78 is 0. The van der Waals surface area contributed by atoms with Gasteiger partial charge in [0.25, 0.3) is 0 Å². The Morgan fingerprint density at radius 2 is 1.53 bits per heavy atom. The molecule has 1 nitrogen and oxygen atoms in total. The molecule has 1 rings (SSSR count). The Morgan fingerprint density at radius 3 is 2.06 bits per heavy atom. The lowest BCUT2D eigenvalue weighted by atomic mass is 9.88. The Morgan fingerprint density at radius 1 is 0.941 bits per heavy atom. The number of benzene rings is 1. The van der Waals surface area contributed by atoms with Gasteiger partial charge in [-0.25, -0.2) is 0 Å². The highest BCUT2D eigenvalue weighted by Gasteiger charge is 2.14. The summed E-state index contributed by atoms with van der Waals surface area (Å²) in [4.78, 5) is 0. The van der Waals surface area contributed by atoms with E-state index < -0.39 is 0 Å². The first-order valence-electron chi connectivity index (χ1n) is 6.53. The fourth-order valence-corrected chi connectivity index (χ4v) is 1.77. The first-order valence-corrected chi connectivity index (χ1v) is 6.53. The largest absolute Gasteiger partial charge is 0.380 e. The first kappa shape index (κ1) is 14.1. The van der Waals surface area contributed by atoms with Crippen LogP contribution >= 0.6 is 0 Å². The lowest BCUT2D eigenvalue weighted by molar-refractivity contribution is 0.378. The van der Waals surface area contributed by atoms with Crippen LogP contribution in [0.3, 0.4) is 0 Å². The molecular weight excluding hydrogens is 206 g/mol. The van der Waals surface area contributed by atoms with Crippen molar-refractivity contribution in [3.8, 4) is 0 Å². The molecule has 0 bridgehead atoms. The van der Waals surface area contributed by atoms with Crippen LogP contribution in [0.25, 0.3) is 0 Å². The minimum Gasteiger partial charge on any atom is -0.380 e. The second-order valence-corrected chi connectivity index (χ2v) is 7.09. The molecule has 1 aromatic rings. The number of rotatable bonds is 3. The standard InChI is InChI=1S/C16H27N/c1-15(2,3)12-11-13-9-7-8-10-14(13)17-16(4,5)6/h7-10,17H,11-12H2,1-6H3. The summed E-state index contributed by atoms with van der Waals surface area (Å²) in [5, 5.41) is 3.59. The molecule has 0 aliphatic heterocycles. The highest BCUT2D eigenvalue weighted by molar-refractivity contribution is 5.52. The molecule has 0 spiro atoms. The lowest BCUT2D eigenvalue weighted by Gasteiger charge is -2.25. The van der Waals surface area contributed by atoms with Gasteiger partial charge < -0.3 is 5.32 Å². The van der Waals surface area contributed by atoms with Crippen molar-refractivity contribution in [3.63, 3.8) is 0 Å². The average molecular weight is 233 g/mol. The Kier molecular flexibility index (Phi) is 4.24. The van der Waals surface area contributed by atoms with E-state index in [1.165, 1.54) is 17.7 Å². The van der Waals surface area contributed by atoms with E-state index in [1.54, 1.807) is 0 Å². The van der Waals surface area contributed by atoms with Crippen molar-refractivity contribution < 1.29 is 0 Å². The zero-order valence-corrected chi connectivity index (χ0v) is 12.2. The molecule has 0 saturated heterocycles. The van der Waals surface area contributed by atoms with Crippen molar-refractivity contribution in [1.82, 2.24) is 0 Å². The lowest BCUT2D eigenvalue weighted by Crippen LogP contribution is -2.26. The molecule has 0 aromatic heterocycles. The summed E-state index contributed by atoms with van der Waals surface area (Å²) in [6.45, 7) is 13.5. The van der Waals surface area contributed by atoms with Gasteiger partial charge in [-0.05, 0) is 50.7 Å². The molecule has 17 heavy (non-hydrogen) atoms. The van der Waals surface area contributed by atoms with Gasteiger partial charge in [-0.15, -0.1) is 0 Å². The molecule has 0 aliphatic rings. The van der Waals surface area contributed by atoms with E-state index in [4.69, 9.17) is 0 Å². The maximum Gasteiger partial charge on any atom is 0.0376 e. The Balaban J connectivity index is 2.78. The average Bonchev–Trinajstić information content (AvgIpc) is 2.12. The smallest absolute Gasteiger partial charge is 0.0376 e. The molecule has 1 N–H and O–H groups in total. The third-order valence-corrected chi connectivity index (χ3v) is 2.67. The van der Waals surface area contributed by atoms with Gasteiger partial charge in [-0.3, -0.25) is 0 Å². The van der Waals surface area contributed by atoms with Crippen LogP contribution in [-0.2, 0) is 6.42 Å². The third-order valence-electron chi connectivity index (χ3n) is 2.67. The molecule has 0 aliphatic carbocycles. The second kappa shape index (κ2) is 5.12. The van der Waals surface area contributed by atoms with E-state index in [1.807, 2.05) is 0 Å². The molecule has 0 atom stereocenters. The SMILES string of the molecule is CC(C)(C)CCc1ccccc1NC(C)(C)C. The van der Waals surface area contributed by atoms with Crippen LogP contribution in [0.15, 0.2) is 24.3 Å². The van der Waals surface area contributed by atoms with E-state index in [0.717, 1.165) is 6.42 Å². The molecule has 0 unspecified atom stereocenters. The van der Waals surface area contributed by atoms with Crippen molar-refractivity contribution in [2.45, 2.75) is 59.9 Å². The topological polar surface area (TPSA) is 12.0 Å². The summed E-state index contributed by atoms with van der Waals surface area (Å²) >= 11 is 0. The van der Waals surface area contributed by atoms with Gasteiger partial charge in [0.15, 0.2) is 0 Å². The van der Waals surface area contributed by atoms with Crippen LogP contribution in [-0.4, -0.2) is 5.54 Å². The van der Waals surface area contributed by atoms with E-state index in [2.05, 4.69) is 71.1 Å². The Bertz CT molecular complexity index is 353. The van der Waals surface area contributed by atoms with E-state index in [9.17, 15) is 0 Å². The van der Waals surface area contributed by atoms with Crippen LogP contribution in [0.1, 0.15) is 53.5 Å². The molecular formula is C16H27N. The van der Waals surface area contributed by atoms with Crippen molar-refractivity contribution in [2.24, 2.45) is 5.41 Å². The van der Waals surface area contributed by atoms with Crippen LogP contribution in [0.5, 0.6) is 0 Å². The molecule has 96 valence electrons. The van der Waals surface area contributed by atoms with Crippen molar-refractivity contribution >= 4 is 5.69 Å². The normalized spacial score (nSPS) is 12.6. The Hall–Kier alpha value is -0.980. The van der Waals surface area contributed by atoms with Gasteiger partial charge in [-0.2, -0.15) is 0 Å². The van der Waals surface area contributed by atoms with E-state index in [0.29, 0.717) is 5.41 Å². The molecule has 1 heteroatoms. The number of nitrogens with one attached hydrogen (secondary N) is 1. The highest BCUT2D eigenvalue weighted by atomic mass is 15.0. The fraction of sp³-hybridized carbons (Fsp3) is 0.625. The number of hydrogen-bond acceptors (Lipinski definition) is 1. The van der Waals surface area contributed by atoms with Crippen LogP contribution < -0.4 is 5.32 Å². The van der Waals surface area contributed by atoms with Gasteiger partial charge in [0.05, 0.1) is 0 Å². The monoisotopic (exact) mass is 233 g/mol. The van der Waals surface area contributed by atoms with Crippen LogP contribution in [0.2, 0.25) is 0 Å². The molecule has 0 heterocycles. The number of anilines is 1. The van der Waals surface area contributed by atoms with E-state index in [-0.39, 0.29) is 5.54 Å². The predicted octanol–water partition coefficient (Wildman–Crippen LogP) is 4.88. The number of para-hydroxylation sites is 1.